The first-order valence-corrected chi connectivity index (χ1v) is 5.99. The van der Waals surface area contributed by atoms with Crippen LogP contribution in [0.25, 0.3) is 0 Å². The van der Waals surface area contributed by atoms with Crippen LogP contribution in [0, 0.1) is 0 Å². The fraction of sp³-hybridized carbons (Fsp3) is 0.286. The number of rotatable bonds is 5. The van der Waals surface area contributed by atoms with E-state index in [1.165, 1.54) is 0 Å². The third-order valence-corrected chi connectivity index (χ3v) is 2.84. The average Bonchev–Trinajstić information content (AvgIpc) is 2.47. The van der Waals surface area contributed by atoms with Gasteiger partial charge in [-0.1, -0.05) is 6.07 Å². The minimum Gasteiger partial charge on any atom is -0.493 e. The molecule has 1 atom stereocenters. The summed E-state index contributed by atoms with van der Waals surface area (Å²) in [4.78, 5) is 8.21. The lowest BCUT2D eigenvalue weighted by molar-refractivity contribution is 0.354. The molecule has 1 unspecified atom stereocenters. The third kappa shape index (κ3) is 3.13. The summed E-state index contributed by atoms with van der Waals surface area (Å²) in [6.45, 7) is 2.05. The van der Waals surface area contributed by atoms with Crippen molar-refractivity contribution in [1.82, 2.24) is 9.97 Å². The van der Waals surface area contributed by atoms with E-state index < -0.39 is 0 Å². The summed E-state index contributed by atoms with van der Waals surface area (Å²) in [5.74, 6) is 2.18. The van der Waals surface area contributed by atoms with E-state index in [0.29, 0.717) is 5.75 Å². The summed E-state index contributed by atoms with van der Waals surface area (Å²) in [7, 11) is 3.25. The fourth-order valence-electron chi connectivity index (χ4n) is 1.80. The van der Waals surface area contributed by atoms with Crippen molar-refractivity contribution in [3.05, 3.63) is 42.4 Å². The predicted molar refractivity (Wildman–Crippen MR) is 73.6 cm³/mol. The summed E-state index contributed by atoms with van der Waals surface area (Å²) in [5, 5.41) is 3.28. The lowest BCUT2D eigenvalue weighted by atomic mass is 10.1. The highest BCUT2D eigenvalue weighted by molar-refractivity contribution is 5.45. The van der Waals surface area contributed by atoms with Crippen LogP contribution in [0.4, 0.5) is 5.82 Å². The first-order chi connectivity index (χ1) is 9.24. The van der Waals surface area contributed by atoms with Crippen LogP contribution in [0.1, 0.15) is 18.5 Å². The second-order valence-corrected chi connectivity index (χ2v) is 4.07. The number of anilines is 1. The van der Waals surface area contributed by atoms with Crippen LogP contribution in [-0.2, 0) is 0 Å². The molecule has 2 aromatic rings. The van der Waals surface area contributed by atoms with Crippen LogP contribution >= 0.6 is 0 Å². The third-order valence-electron chi connectivity index (χ3n) is 2.84. The molecule has 0 spiro atoms. The van der Waals surface area contributed by atoms with Gasteiger partial charge in [-0.15, -0.1) is 0 Å². The predicted octanol–water partition coefficient (Wildman–Crippen LogP) is 2.67. The van der Waals surface area contributed by atoms with Crippen molar-refractivity contribution in [3.63, 3.8) is 0 Å². The molecule has 5 nitrogen and oxygen atoms in total. The number of hydrogen-bond donors (Lipinski definition) is 1. The zero-order chi connectivity index (χ0) is 13.7. The molecule has 0 radical (unpaired) electrons. The van der Waals surface area contributed by atoms with Crippen LogP contribution < -0.4 is 14.8 Å². The molecule has 0 aliphatic rings. The minimum atomic E-state index is 0.0940. The molecule has 0 fully saturated rings. The first kappa shape index (κ1) is 13.1. The Bertz CT molecular complexity index is 531. The van der Waals surface area contributed by atoms with Gasteiger partial charge in [-0.3, -0.25) is 4.98 Å². The average molecular weight is 259 g/mol. The normalized spacial score (nSPS) is 11.7. The van der Waals surface area contributed by atoms with Gasteiger partial charge in [0.1, 0.15) is 5.82 Å². The molecule has 19 heavy (non-hydrogen) atoms. The Morgan fingerprint density at radius 3 is 2.53 bits per heavy atom. The highest BCUT2D eigenvalue weighted by atomic mass is 16.5. The minimum absolute atomic E-state index is 0.0940. The van der Waals surface area contributed by atoms with Crippen molar-refractivity contribution < 1.29 is 9.47 Å². The topological polar surface area (TPSA) is 56.3 Å². The van der Waals surface area contributed by atoms with E-state index >= 15 is 0 Å². The monoisotopic (exact) mass is 259 g/mol. The van der Waals surface area contributed by atoms with E-state index in [1.54, 1.807) is 32.8 Å². The van der Waals surface area contributed by atoms with Crippen LogP contribution in [-0.4, -0.2) is 24.2 Å². The Morgan fingerprint density at radius 2 is 1.89 bits per heavy atom. The molecule has 1 N–H and O–H groups in total. The van der Waals surface area contributed by atoms with Gasteiger partial charge >= 0.3 is 0 Å². The van der Waals surface area contributed by atoms with Gasteiger partial charge in [0.25, 0.3) is 0 Å². The SMILES string of the molecule is COc1ccc(C(C)Nc2cnccn2)cc1OC. The molecule has 1 aromatic heterocycles. The molecule has 2 rings (SSSR count). The van der Waals surface area contributed by atoms with Crippen LogP contribution in [0.2, 0.25) is 0 Å². The van der Waals surface area contributed by atoms with Gasteiger partial charge in [0.05, 0.1) is 26.5 Å². The van der Waals surface area contributed by atoms with E-state index in [9.17, 15) is 0 Å². The zero-order valence-corrected chi connectivity index (χ0v) is 11.3. The number of benzene rings is 1. The number of aromatic nitrogens is 2. The lowest BCUT2D eigenvalue weighted by Crippen LogP contribution is -2.08. The number of nitrogens with zero attached hydrogens (tertiary/aromatic N) is 2. The molecule has 1 heterocycles. The first-order valence-electron chi connectivity index (χ1n) is 5.99. The summed E-state index contributed by atoms with van der Waals surface area (Å²) in [5.41, 5.74) is 1.09. The standard InChI is InChI=1S/C14H17N3O2/c1-10(17-14-9-15-6-7-16-14)11-4-5-12(18-2)13(8-11)19-3/h4-10H,1-3H3,(H,16,17). The Hall–Kier alpha value is -2.30. The molecule has 0 saturated heterocycles. The fourth-order valence-corrected chi connectivity index (χ4v) is 1.80. The van der Waals surface area contributed by atoms with Crippen molar-refractivity contribution in [3.8, 4) is 11.5 Å². The van der Waals surface area contributed by atoms with E-state index in [0.717, 1.165) is 17.1 Å². The molecule has 0 aliphatic carbocycles. The Balaban J connectivity index is 2.17. The highest BCUT2D eigenvalue weighted by Gasteiger charge is 2.10. The van der Waals surface area contributed by atoms with Crippen molar-refractivity contribution in [2.75, 3.05) is 19.5 Å². The molecule has 0 amide bonds. The van der Waals surface area contributed by atoms with Gasteiger partial charge in [0, 0.05) is 12.4 Å². The summed E-state index contributed by atoms with van der Waals surface area (Å²) in [6, 6.07) is 5.93. The number of methoxy groups -OCH3 is 2. The smallest absolute Gasteiger partial charge is 0.161 e. The van der Waals surface area contributed by atoms with E-state index in [2.05, 4.69) is 22.2 Å². The van der Waals surface area contributed by atoms with Crippen LogP contribution in [0.3, 0.4) is 0 Å². The van der Waals surface area contributed by atoms with Crippen molar-refractivity contribution in [1.29, 1.82) is 0 Å². The quantitative estimate of drug-likeness (QED) is 0.894. The zero-order valence-electron chi connectivity index (χ0n) is 11.3. The number of hydrogen-bond acceptors (Lipinski definition) is 5. The largest absolute Gasteiger partial charge is 0.493 e. The molecule has 0 bridgehead atoms. The highest BCUT2D eigenvalue weighted by Crippen LogP contribution is 2.30. The second kappa shape index (κ2) is 6.04. The van der Waals surface area contributed by atoms with Crippen molar-refractivity contribution in [2.45, 2.75) is 13.0 Å². The lowest BCUT2D eigenvalue weighted by Gasteiger charge is -2.16. The molecular weight excluding hydrogens is 242 g/mol. The maximum Gasteiger partial charge on any atom is 0.161 e. The van der Waals surface area contributed by atoms with Gasteiger partial charge in [-0.2, -0.15) is 0 Å². The summed E-state index contributed by atoms with van der Waals surface area (Å²) < 4.78 is 10.5. The van der Waals surface area contributed by atoms with Gasteiger partial charge in [0.2, 0.25) is 0 Å². The Kier molecular flexibility index (Phi) is 4.18. The number of nitrogens with one attached hydrogen (secondary N) is 1. The summed E-state index contributed by atoms with van der Waals surface area (Å²) >= 11 is 0. The van der Waals surface area contributed by atoms with Gasteiger partial charge in [-0.05, 0) is 24.6 Å². The van der Waals surface area contributed by atoms with Crippen molar-refractivity contribution in [2.24, 2.45) is 0 Å². The second-order valence-electron chi connectivity index (χ2n) is 4.07. The van der Waals surface area contributed by atoms with Gasteiger partial charge in [0.15, 0.2) is 11.5 Å². The molecular formula is C14H17N3O2. The molecule has 1 aromatic carbocycles. The molecule has 0 saturated carbocycles. The Labute approximate surface area is 112 Å². The Morgan fingerprint density at radius 1 is 1.11 bits per heavy atom. The van der Waals surface area contributed by atoms with E-state index in [1.807, 2.05) is 18.2 Å². The summed E-state index contributed by atoms with van der Waals surface area (Å²) in [6.07, 6.45) is 4.99. The van der Waals surface area contributed by atoms with Gasteiger partial charge < -0.3 is 14.8 Å². The molecule has 5 heteroatoms. The van der Waals surface area contributed by atoms with E-state index in [4.69, 9.17) is 9.47 Å². The van der Waals surface area contributed by atoms with Crippen LogP contribution in [0.5, 0.6) is 11.5 Å². The maximum atomic E-state index is 5.30. The maximum absolute atomic E-state index is 5.30. The van der Waals surface area contributed by atoms with E-state index in [-0.39, 0.29) is 6.04 Å². The molecule has 100 valence electrons. The molecule has 0 aliphatic heterocycles. The van der Waals surface area contributed by atoms with Crippen molar-refractivity contribution >= 4 is 5.82 Å². The van der Waals surface area contributed by atoms with Crippen LogP contribution in [0.15, 0.2) is 36.8 Å². The number of ether oxygens (including phenoxy) is 2. The van der Waals surface area contributed by atoms with Gasteiger partial charge in [-0.25, -0.2) is 4.98 Å².